The van der Waals surface area contributed by atoms with Gasteiger partial charge in [0.15, 0.2) is 0 Å². The van der Waals surface area contributed by atoms with Crippen LogP contribution in [0.3, 0.4) is 0 Å². The van der Waals surface area contributed by atoms with Crippen molar-refractivity contribution < 1.29 is 38.1 Å². The minimum absolute atomic E-state index is 0.0000682. The first-order valence-electron chi connectivity index (χ1n) is 22.3. The highest BCUT2D eigenvalue weighted by molar-refractivity contribution is 5.97. The average molecular weight is 860 g/mol. The van der Waals surface area contributed by atoms with Crippen LogP contribution in [0, 0.1) is 0 Å². The molecule has 0 saturated heterocycles. The number of rotatable bonds is 15. The first-order chi connectivity index (χ1) is 31.3. The topological polar surface area (TPSA) is 132 Å². The third-order valence-corrected chi connectivity index (χ3v) is 13.5. The second-order valence-corrected chi connectivity index (χ2v) is 17.1. The number of fused-ring (bicyclic) bond motifs is 6. The maximum absolute atomic E-state index is 15.4. The van der Waals surface area contributed by atoms with Crippen molar-refractivity contribution in [1.29, 1.82) is 0 Å². The lowest BCUT2D eigenvalue weighted by Crippen LogP contribution is -2.66. The molecule has 0 bridgehead atoms. The molecule has 64 heavy (non-hydrogen) atoms. The zero-order valence-corrected chi connectivity index (χ0v) is 36.3. The van der Waals surface area contributed by atoms with Crippen molar-refractivity contribution in [1.82, 2.24) is 15.5 Å². The minimum atomic E-state index is -1.45. The Morgan fingerprint density at radius 2 is 1.25 bits per heavy atom. The molecule has 0 spiro atoms. The normalized spacial score (nSPS) is 16.1. The van der Waals surface area contributed by atoms with Crippen LogP contribution in [0.2, 0.25) is 0 Å². The van der Waals surface area contributed by atoms with Crippen LogP contribution in [-0.4, -0.2) is 67.8 Å². The van der Waals surface area contributed by atoms with E-state index in [1.807, 2.05) is 78.9 Å². The van der Waals surface area contributed by atoms with E-state index in [2.05, 4.69) is 34.9 Å². The molecule has 1 fully saturated rings. The molecule has 2 N–H and O–H groups in total. The van der Waals surface area contributed by atoms with Crippen molar-refractivity contribution >= 4 is 23.9 Å². The molecule has 3 amide bonds. The number of methoxy groups -OCH3 is 2. The number of esters is 1. The van der Waals surface area contributed by atoms with Crippen LogP contribution in [0.15, 0.2) is 127 Å². The van der Waals surface area contributed by atoms with Gasteiger partial charge in [-0.05, 0) is 102 Å². The summed E-state index contributed by atoms with van der Waals surface area (Å²) < 4.78 is 23.2. The van der Waals surface area contributed by atoms with Crippen LogP contribution >= 0.6 is 0 Å². The molecule has 5 aromatic rings. The van der Waals surface area contributed by atoms with Crippen molar-refractivity contribution in [3.05, 3.63) is 155 Å². The van der Waals surface area contributed by atoms with Gasteiger partial charge in [0.05, 0.1) is 27.2 Å². The highest BCUT2D eigenvalue weighted by atomic mass is 16.6. The lowest BCUT2D eigenvalue weighted by Gasteiger charge is -2.49. The molecule has 1 saturated carbocycles. The summed E-state index contributed by atoms with van der Waals surface area (Å²) in [5, 5.41) is 5.94. The molecule has 0 radical (unpaired) electrons. The molecule has 0 heterocycles. The summed E-state index contributed by atoms with van der Waals surface area (Å²) in [5.41, 5.74) is 8.67. The van der Waals surface area contributed by atoms with Gasteiger partial charge >= 0.3 is 12.1 Å². The monoisotopic (exact) mass is 859 g/mol. The number of carbonyl (C=O) groups excluding carboxylic acids is 4. The lowest BCUT2D eigenvalue weighted by molar-refractivity contribution is -0.158. The van der Waals surface area contributed by atoms with Gasteiger partial charge < -0.3 is 34.5 Å². The van der Waals surface area contributed by atoms with Gasteiger partial charge in [0, 0.05) is 29.2 Å². The molecule has 0 unspecified atom stereocenters. The van der Waals surface area contributed by atoms with Gasteiger partial charge in [0.1, 0.15) is 36.3 Å². The van der Waals surface area contributed by atoms with E-state index >= 15 is 4.79 Å². The molecule has 5 aromatic carbocycles. The first kappa shape index (κ1) is 42.4. The molecule has 11 nitrogen and oxygen atoms in total. The number of carbonyl (C=O) groups is 4. The maximum Gasteiger partial charge on any atom is 0.407 e. The number of alkyl carbamates (subject to hydrolysis) is 1. The summed E-state index contributed by atoms with van der Waals surface area (Å²) in [7, 11) is 3.09. The highest BCUT2D eigenvalue weighted by Gasteiger charge is 2.53. The van der Waals surface area contributed by atoms with E-state index in [4.69, 9.17) is 18.9 Å². The maximum atomic E-state index is 15.4. The highest BCUT2D eigenvalue weighted by Crippen LogP contribution is 2.46. The van der Waals surface area contributed by atoms with Crippen LogP contribution in [0.1, 0.15) is 91.0 Å². The van der Waals surface area contributed by atoms with Crippen LogP contribution < -0.4 is 20.1 Å². The standard InChI is InChI=1S/C53H53N3O8/c1-61-36-26-25-34(48(29-36)62-2)31-56(53(27-14-28-53)51(59)54-35-15-4-3-5-16-35)50(58)47(30-49(57)63-32-45-41-21-10-6-17-37(41)38-18-7-11-22-42(38)45)55-52(60)64-33-46-43-23-12-8-19-39(43)40-20-9-13-24-44(40)46/h6-13,15,17-26,29,45-47H,3-5,14,16,27-28,30-33H2,1-2H3,(H,54,59)(H,55,60)/t47-/m0/s1. The van der Waals surface area contributed by atoms with Gasteiger partial charge in [-0.25, -0.2) is 4.79 Å². The second kappa shape index (κ2) is 18.5. The van der Waals surface area contributed by atoms with Crippen LogP contribution in [0.5, 0.6) is 11.5 Å². The number of amides is 3. The lowest BCUT2D eigenvalue weighted by atomic mass is 9.73. The van der Waals surface area contributed by atoms with Crippen LogP contribution in [-0.2, 0) is 30.4 Å². The minimum Gasteiger partial charge on any atom is -0.497 e. The number of nitrogens with zero attached hydrogens (tertiary/aromatic N) is 1. The number of benzene rings is 5. The van der Waals surface area contributed by atoms with Gasteiger partial charge in [-0.2, -0.15) is 0 Å². The first-order valence-corrected chi connectivity index (χ1v) is 22.3. The second-order valence-electron chi connectivity index (χ2n) is 17.1. The van der Waals surface area contributed by atoms with Crippen molar-refractivity contribution in [3.8, 4) is 33.8 Å². The predicted molar refractivity (Wildman–Crippen MR) is 243 cm³/mol. The Hall–Kier alpha value is -6.88. The zero-order valence-electron chi connectivity index (χ0n) is 36.3. The summed E-state index contributed by atoms with van der Waals surface area (Å²) >= 11 is 0. The fourth-order valence-corrected chi connectivity index (χ4v) is 9.95. The Labute approximate surface area is 373 Å². The Kier molecular flexibility index (Phi) is 12.2. The van der Waals surface area contributed by atoms with Crippen LogP contribution in [0.4, 0.5) is 4.79 Å². The molecule has 11 heteroatoms. The number of hydrogen-bond donors (Lipinski definition) is 2. The van der Waals surface area contributed by atoms with Gasteiger partial charge in [0.25, 0.3) is 0 Å². The summed E-state index contributed by atoms with van der Waals surface area (Å²) in [6.07, 6.45) is 5.75. The Balaban J connectivity index is 1.02. The summed E-state index contributed by atoms with van der Waals surface area (Å²) in [6, 6.07) is 36.0. The van der Waals surface area contributed by atoms with Gasteiger partial charge in [0.2, 0.25) is 11.8 Å². The Morgan fingerprint density at radius 3 is 1.75 bits per heavy atom. The smallest absolute Gasteiger partial charge is 0.407 e. The third-order valence-electron chi connectivity index (χ3n) is 13.5. The summed E-state index contributed by atoms with van der Waals surface area (Å²) in [5.74, 6) is -1.02. The van der Waals surface area contributed by atoms with Gasteiger partial charge in [-0.15, -0.1) is 0 Å². The van der Waals surface area contributed by atoms with E-state index in [1.54, 1.807) is 25.3 Å². The molecule has 0 aliphatic heterocycles. The fourth-order valence-electron chi connectivity index (χ4n) is 9.95. The van der Waals surface area contributed by atoms with E-state index in [0.29, 0.717) is 36.3 Å². The van der Waals surface area contributed by atoms with E-state index in [9.17, 15) is 14.4 Å². The molecule has 4 aliphatic carbocycles. The van der Waals surface area contributed by atoms with E-state index in [1.165, 1.54) is 12.0 Å². The number of allylic oxidation sites excluding steroid dienone is 2. The van der Waals surface area contributed by atoms with Crippen LogP contribution in [0.25, 0.3) is 22.3 Å². The summed E-state index contributed by atoms with van der Waals surface area (Å²) in [6.45, 7) is -0.0150. The average Bonchev–Trinajstić information content (AvgIpc) is 3.81. The molecular weight excluding hydrogens is 807 g/mol. The van der Waals surface area contributed by atoms with Crippen molar-refractivity contribution in [2.75, 3.05) is 27.4 Å². The third kappa shape index (κ3) is 8.22. The van der Waals surface area contributed by atoms with E-state index < -0.39 is 36.0 Å². The molecule has 1 atom stereocenters. The number of hydrogen-bond acceptors (Lipinski definition) is 8. The van der Waals surface area contributed by atoms with Crippen molar-refractivity contribution in [2.45, 2.75) is 81.3 Å². The summed E-state index contributed by atoms with van der Waals surface area (Å²) in [4.78, 5) is 59.7. The van der Waals surface area contributed by atoms with Crippen molar-refractivity contribution in [3.63, 3.8) is 0 Å². The number of nitrogens with one attached hydrogen (secondary N) is 2. The van der Waals surface area contributed by atoms with Crippen molar-refractivity contribution in [2.24, 2.45) is 0 Å². The van der Waals surface area contributed by atoms with E-state index in [0.717, 1.165) is 75.9 Å². The Bertz CT molecular complexity index is 2410. The zero-order chi connectivity index (χ0) is 44.2. The predicted octanol–water partition coefficient (Wildman–Crippen LogP) is 9.18. The van der Waals surface area contributed by atoms with Gasteiger partial charge in [-0.1, -0.05) is 103 Å². The van der Waals surface area contributed by atoms with Gasteiger partial charge in [-0.3, -0.25) is 14.4 Å². The quantitative estimate of drug-likeness (QED) is 0.0997. The molecule has 328 valence electrons. The molecule has 4 aliphatic rings. The largest absolute Gasteiger partial charge is 0.497 e. The van der Waals surface area contributed by atoms with E-state index in [-0.39, 0.29) is 37.5 Å². The molecular formula is C53H53N3O8. The molecule has 9 rings (SSSR count). The fraction of sp³-hybridized carbons (Fsp3) is 0.321. The SMILES string of the molecule is COc1ccc(CN(C(=O)[C@H](CC(=O)OCC2c3ccccc3-c3ccccc32)NC(=O)OCC2c3ccccc3-c3ccccc32)C2(C(=O)NC3=CCCCC3)CCC2)c(OC)c1. The number of ether oxygens (including phenoxy) is 4. The Morgan fingerprint density at radius 1 is 0.688 bits per heavy atom. The molecule has 0 aromatic heterocycles.